The van der Waals surface area contributed by atoms with Crippen LogP contribution in [0.25, 0.3) is 0 Å². The van der Waals surface area contributed by atoms with Crippen molar-refractivity contribution in [2.45, 2.75) is 26.5 Å². The van der Waals surface area contributed by atoms with Crippen molar-refractivity contribution < 1.29 is 4.74 Å². The second-order valence-electron chi connectivity index (χ2n) is 3.24. The van der Waals surface area contributed by atoms with Crippen LogP contribution in [-0.2, 0) is 11.3 Å². The minimum absolute atomic E-state index is 0.00917. The number of aromatic nitrogens is 2. The highest BCUT2D eigenvalue weighted by Crippen LogP contribution is 2.03. The van der Waals surface area contributed by atoms with Crippen LogP contribution in [0.1, 0.15) is 13.8 Å². The van der Waals surface area contributed by atoms with Gasteiger partial charge in [-0.1, -0.05) is 0 Å². The number of rotatable bonds is 4. The molecule has 0 saturated carbocycles. The van der Waals surface area contributed by atoms with Gasteiger partial charge in [-0.05, 0) is 26.1 Å². The number of nitrogens with zero attached hydrogens (tertiary/aromatic N) is 1. The zero-order valence-corrected chi connectivity index (χ0v) is 9.63. The molecule has 3 N–H and O–H groups in total. The zero-order valence-electron chi connectivity index (χ0n) is 8.82. The maximum atomic E-state index is 11.0. The lowest BCUT2D eigenvalue weighted by molar-refractivity contribution is 0.0638. The Morgan fingerprint density at radius 1 is 1.73 bits per heavy atom. The van der Waals surface area contributed by atoms with Crippen LogP contribution >= 0.6 is 12.2 Å². The van der Waals surface area contributed by atoms with Gasteiger partial charge in [-0.3, -0.25) is 9.78 Å². The smallest absolute Gasteiger partial charge is 0.253 e. The molecule has 0 aliphatic heterocycles. The van der Waals surface area contributed by atoms with Gasteiger partial charge in [0.05, 0.1) is 12.6 Å². The fourth-order valence-electron chi connectivity index (χ4n) is 1.32. The summed E-state index contributed by atoms with van der Waals surface area (Å²) in [6, 6.07) is 1.31. The maximum Gasteiger partial charge on any atom is 0.253 e. The molecule has 1 heterocycles. The number of hydrogen-bond acceptors (Lipinski definition) is 4. The van der Waals surface area contributed by atoms with Crippen molar-refractivity contribution in [3.63, 3.8) is 0 Å². The second kappa shape index (κ2) is 5.09. The summed E-state index contributed by atoms with van der Waals surface area (Å²) in [5, 5.41) is 0. The molecule has 0 fully saturated rings. The van der Waals surface area contributed by atoms with E-state index in [2.05, 4.69) is 4.98 Å². The Morgan fingerprint density at radius 2 is 2.40 bits per heavy atom. The highest BCUT2D eigenvalue weighted by atomic mass is 32.1. The van der Waals surface area contributed by atoms with Gasteiger partial charge in [-0.25, -0.2) is 0 Å². The van der Waals surface area contributed by atoms with Crippen molar-refractivity contribution in [1.82, 2.24) is 9.55 Å². The minimum Gasteiger partial charge on any atom is -0.385 e. The largest absolute Gasteiger partial charge is 0.385 e. The first-order valence-electron chi connectivity index (χ1n) is 4.75. The summed E-state index contributed by atoms with van der Waals surface area (Å²) >= 11 is 5.00. The highest BCUT2D eigenvalue weighted by molar-refractivity contribution is 7.71. The first-order valence-corrected chi connectivity index (χ1v) is 5.16. The maximum absolute atomic E-state index is 11.0. The van der Waals surface area contributed by atoms with Crippen LogP contribution in [-0.4, -0.2) is 22.3 Å². The van der Waals surface area contributed by atoms with Crippen LogP contribution in [0.3, 0.4) is 0 Å². The molecule has 1 unspecified atom stereocenters. The number of anilines is 1. The van der Waals surface area contributed by atoms with Crippen LogP contribution in [0.2, 0.25) is 0 Å². The molecule has 6 heteroatoms. The summed E-state index contributed by atoms with van der Waals surface area (Å²) in [5.41, 5.74) is 5.41. The molecule has 5 nitrogen and oxygen atoms in total. The minimum atomic E-state index is -0.280. The van der Waals surface area contributed by atoms with Gasteiger partial charge in [0.15, 0.2) is 4.77 Å². The standard InChI is InChI=1S/C9H15N3O2S/c1-3-14-6(2)5-12-7(10)4-8(13)11-9(12)15/h4,6H,3,5,10H2,1-2H3,(H,11,13,15). The first kappa shape index (κ1) is 11.9. The van der Waals surface area contributed by atoms with E-state index in [9.17, 15) is 4.79 Å². The lowest BCUT2D eigenvalue weighted by Gasteiger charge is -2.15. The van der Waals surface area contributed by atoms with Crippen LogP contribution in [0.15, 0.2) is 10.9 Å². The molecule has 0 aliphatic carbocycles. The molecule has 0 amide bonds. The van der Waals surface area contributed by atoms with Crippen molar-refractivity contribution >= 4 is 18.0 Å². The normalized spacial score (nSPS) is 12.7. The molecule has 0 aromatic carbocycles. The van der Waals surface area contributed by atoms with E-state index in [1.54, 1.807) is 4.57 Å². The Morgan fingerprint density at radius 3 is 2.93 bits per heavy atom. The number of aromatic amines is 1. The van der Waals surface area contributed by atoms with Crippen molar-refractivity contribution in [2.75, 3.05) is 12.3 Å². The van der Waals surface area contributed by atoms with E-state index in [1.807, 2.05) is 13.8 Å². The number of ether oxygens (including phenoxy) is 1. The lowest BCUT2D eigenvalue weighted by atomic mass is 10.4. The van der Waals surface area contributed by atoms with E-state index in [0.29, 0.717) is 23.7 Å². The van der Waals surface area contributed by atoms with Gasteiger partial charge in [-0.2, -0.15) is 0 Å². The van der Waals surface area contributed by atoms with Crippen molar-refractivity contribution in [2.24, 2.45) is 0 Å². The summed E-state index contributed by atoms with van der Waals surface area (Å²) in [6.07, 6.45) is 0.00917. The Labute approximate surface area is 92.9 Å². The van der Waals surface area contributed by atoms with Gasteiger partial charge >= 0.3 is 0 Å². The molecule has 1 aromatic rings. The van der Waals surface area contributed by atoms with E-state index >= 15 is 0 Å². The molecule has 0 radical (unpaired) electrons. The van der Waals surface area contributed by atoms with Gasteiger partial charge in [0.25, 0.3) is 5.56 Å². The van der Waals surface area contributed by atoms with Crippen molar-refractivity contribution in [3.8, 4) is 0 Å². The number of nitrogen functional groups attached to an aromatic ring is 1. The van der Waals surface area contributed by atoms with Crippen LogP contribution < -0.4 is 11.3 Å². The molecule has 0 bridgehead atoms. The van der Waals surface area contributed by atoms with Crippen molar-refractivity contribution in [3.05, 3.63) is 21.2 Å². The average Bonchev–Trinajstić information content (AvgIpc) is 2.11. The molecular weight excluding hydrogens is 214 g/mol. The van der Waals surface area contributed by atoms with Gasteiger partial charge in [-0.15, -0.1) is 0 Å². The lowest BCUT2D eigenvalue weighted by Crippen LogP contribution is -2.22. The van der Waals surface area contributed by atoms with Crippen molar-refractivity contribution in [1.29, 1.82) is 0 Å². The fourth-order valence-corrected chi connectivity index (χ4v) is 1.60. The zero-order chi connectivity index (χ0) is 11.4. The molecule has 1 aromatic heterocycles. The Hall–Kier alpha value is -1.14. The van der Waals surface area contributed by atoms with Crippen LogP contribution in [0, 0.1) is 4.77 Å². The molecule has 0 aliphatic rings. The third-order valence-corrected chi connectivity index (χ3v) is 2.28. The topological polar surface area (TPSA) is 73.0 Å². The molecular formula is C9H15N3O2S. The second-order valence-corrected chi connectivity index (χ2v) is 3.63. The predicted molar refractivity (Wildman–Crippen MR) is 61.4 cm³/mol. The van der Waals surface area contributed by atoms with E-state index < -0.39 is 0 Å². The van der Waals surface area contributed by atoms with E-state index in [4.69, 9.17) is 22.7 Å². The number of nitrogens with two attached hydrogens (primary N) is 1. The molecule has 0 spiro atoms. The number of nitrogens with one attached hydrogen (secondary N) is 1. The molecule has 1 atom stereocenters. The molecule has 84 valence electrons. The third-order valence-electron chi connectivity index (χ3n) is 1.96. The van der Waals surface area contributed by atoms with Gasteiger partial charge in [0.2, 0.25) is 0 Å². The Bertz CT molecular complexity index is 438. The number of H-pyrrole nitrogens is 1. The van der Waals surface area contributed by atoms with E-state index in [0.717, 1.165) is 0 Å². The summed E-state index contributed by atoms with van der Waals surface area (Å²) < 4.78 is 7.35. The van der Waals surface area contributed by atoms with Gasteiger partial charge in [0, 0.05) is 12.7 Å². The SMILES string of the molecule is CCOC(C)Cn1c(N)cc(=O)[nH]c1=S. The number of hydrogen-bond donors (Lipinski definition) is 2. The monoisotopic (exact) mass is 229 g/mol. The van der Waals surface area contributed by atoms with Gasteiger partial charge < -0.3 is 15.0 Å². The van der Waals surface area contributed by atoms with Crippen LogP contribution in [0.4, 0.5) is 5.82 Å². The highest BCUT2D eigenvalue weighted by Gasteiger charge is 2.05. The van der Waals surface area contributed by atoms with Gasteiger partial charge in [0.1, 0.15) is 5.82 Å². The van der Waals surface area contributed by atoms with Crippen LogP contribution in [0.5, 0.6) is 0 Å². The van der Waals surface area contributed by atoms with E-state index in [-0.39, 0.29) is 11.7 Å². The molecule has 15 heavy (non-hydrogen) atoms. The first-order chi connectivity index (χ1) is 7.04. The molecule has 0 saturated heterocycles. The summed E-state index contributed by atoms with van der Waals surface area (Å²) in [5.74, 6) is 0.357. The quantitative estimate of drug-likeness (QED) is 0.753. The predicted octanol–water partition coefficient (Wildman–Crippen LogP) is 0.913. The fraction of sp³-hybridized carbons (Fsp3) is 0.556. The third kappa shape index (κ3) is 3.17. The Kier molecular flexibility index (Phi) is 4.05. The Balaban J connectivity index is 2.95. The molecule has 1 rings (SSSR count). The average molecular weight is 229 g/mol. The summed E-state index contributed by atoms with van der Waals surface area (Å²) in [6.45, 7) is 5.02. The summed E-state index contributed by atoms with van der Waals surface area (Å²) in [7, 11) is 0. The van der Waals surface area contributed by atoms with E-state index in [1.165, 1.54) is 6.07 Å². The summed E-state index contributed by atoms with van der Waals surface area (Å²) in [4.78, 5) is 13.5.